The van der Waals surface area contributed by atoms with E-state index in [1.165, 1.54) is 6.07 Å². The van der Waals surface area contributed by atoms with E-state index in [0.717, 1.165) is 18.2 Å². The highest BCUT2D eigenvalue weighted by Crippen LogP contribution is 2.23. The summed E-state index contributed by atoms with van der Waals surface area (Å²) in [6, 6.07) is 9.16. The van der Waals surface area contributed by atoms with Crippen LogP contribution in [-0.4, -0.2) is 16.0 Å². The monoisotopic (exact) mass is 291 g/mol. The number of nitrogens with zero attached hydrogens (tertiary/aromatic N) is 1. The van der Waals surface area contributed by atoms with Gasteiger partial charge in [-0.15, -0.1) is 0 Å². The normalized spacial score (nSPS) is 10.1. The maximum Gasteiger partial charge on any atom is 0.336 e. The molecule has 0 radical (unpaired) electrons. The molecule has 2 aromatic rings. The van der Waals surface area contributed by atoms with Crippen LogP contribution in [0.4, 0.5) is 10.1 Å². The van der Waals surface area contributed by atoms with Gasteiger partial charge in [0.15, 0.2) is 11.6 Å². The Balaban J connectivity index is 2.17. The number of hydrogen-bond acceptors (Lipinski definition) is 4. The van der Waals surface area contributed by atoms with Crippen molar-refractivity contribution in [2.24, 2.45) is 0 Å². The Morgan fingerprint density at radius 1 is 1.29 bits per heavy atom. The van der Waals surface area contributed by atoms with Crippen LogP contribution in [-0.2, 0) is 6.61 Å². The van der Waals surface area contributed by atoms with Crippen LogP contribution in [0.2, 0.25) is 0 Å². The van der Waals surface area contributed by atoms with E-state index in [-0.39, 0.29) is 23.6 Å². The van der Waals surface area contributed by atoms with Crippen molar-refractivity contribution in [3.05, 3.63) is 69.5 Å². The van der Waals surface area contributed by atoms with Crippen LogP contribution in [0, 0.1) is 15.9 Å². The highest BCUT2D eigenvalue weighted by molar-refractivity contribution is 5.89. The molecule has 0 aromatic heterocycles. The number of non-ortho nitro benzene ring substituents is 1. The lowest BCUT2D eigenvalue weighted by molar-refractivity contribution is -0.385. The van der Waals surface area contributed by atoms with Crippen molar-refractivity contribution in [2.45, 2.75) is 6.61 Å². The molecule has 1 N–H and O–H groups in total. The molecule has 0 aliphatic carbocycles. The molecule has 7 heteroatoms. The largest absolute Gasteiger partial charge is 0.486 e. The van der Waals surface area contributed by atoms with Gasteiger partial charge < -0.3 is 9.84 Å². The standard InChI is InChI=1S/C14H10FNO5/c15-12-7-10(16(19)20)5-6-13(12)21-8-9-3-1-2-4-11(9)14(17)18/h1-7H,8H2,(H,17,18). The molecular weight excluding hydrogens is 281 g/mol. The molecule has 2 rings (SSSR count). The minimum absolute atomic E-state index is 0.0554. The van der Waals surface area contributed by atoms with E-state index in [0.29, 0.717) is 5.56 Å². The van der Waals surface area contributed by atoms with Gasteiger partial charge in [-0.25, -0.2) is 9.18 Å². The second-order valence-electron chi connectivity index (χ2n) is 4.12. The number of benzene rings is 2. The molecule has 0 atom stereocenters. The molecule has 21 heavy (non-hydrogen) atoms. The third-order valence-electron chi connectivity index (χ3n) is 2.76. The van der Waals surface area contributed by atoms with E-state index in [1.54, 1.807) is 18.2 Å². The van der Waals surface area contributed by atoms with Crippen LogP contribution < -0.4 is 4.74 Å². The molecule has 0 unspecified atom stereocenters. The number of nitro benzene ring substituents is 1. The lowest BCUT2D eigenvalue weighted by Gasteiger charge is -2.09. The summed E-state index contributed by atoms with van der Waals surface area (Å²) in [6.07, 6.45) is 0. The molecule has 0 spiro atoms. The maximum atomic E-state index is 13.6. The molecule has 0 saturated heterocycles. The van der Waals surface area contributed by atoms with Gasteiger partial charge in [0, 0.05) is 11.6 Å². The van der Waals surface area contributed by atoms with Crippen LogP contribution in [0.15, 0.2) is 42.5 Å². The van der Waals surface area contributed by atoms with E-state index in [2.05, 4.69) is 0 Å². The van der Waals surface area contributed by atoms with Gasteiger partial charge in [-0.05, 0) is 12.1 Å². The molecule has 108 valence electrons. The van der Waals surface area contributed by atoms with Crippen molar-refractivity contribution < 1.29 is 24.0 Å². The summed E-state index contributed by atoms with van der Waals surface area (Å²) in [6.45, 7) is -0.156. The number of carbonyl (C=O) groups is 1. The first kappa shape index (κ1) is 14.4. The van der Waals surface area contributed by atoms with Crippen molar-refractivity contribution >= 4 is 11.7 Å². The molecule has 0 heterocycles. The maximum absolute atomic E-state index is 13.6. The first-order chi connectivity index (χ1) is 9.99. The summed E-state index contributed by atoms with van der Waals surface area (Å²) in [5.41, 5.74) is 0.0494. The lowest BCUT2D eigenvalue weighted by Crippen LogP contribution is -2.06. The summed E-state index contributed by atoms with van der Waals surface area (Å²) >= 11 is 0. The minimum Gasteiger partial charge on any atom is -0.486 e. The van der Waals surface area contributed by atoms with Gasteiger partial charge in [0.2, 0.25) is 0 Å². The summed E-state index contributed by atoms with van der Waals surface area (Å²) < 4.78 is 18.8. The van der Waals surface area contributed by atoms with E-state index < -0.39 is 16.7 Å². The van der Waals surface area contributed by atoms with Crippen LogP contribution >= 0.6 is 0 Å². The van der Waals surface area contributed by atoms with Gasteiger partial charge in [0.25, 0.3) is 5.69 Å². The van der Waals surface area contributed by atoms with Crippen molar-refractivity contribution in [3.8, 4) is 5.75 Å². The molecule has 0 aliphatic heterocycles. The summed E-state index contributed by atoms with van der Waals surface area (Å²) in [7, 11) is 0. The lowest BCUT2D eigenvalue weighted by atomic mass is 10.1. The molecule has 0 saturated carbocycles. The highest BCUT2D eigenvalue weighted by Gasteiger charge is 2.13. The number of carboxylic acid groups (broad SMARTS) is 1. The predicted molar refractivity (Wildman–Crippen MR) is 70.8 cm³/mol. The Bertz CT molecular complexity index is 702. The Morgan fingerprint density at radius 2 is 2.00 bits per heavy atom. The second kappa shape index (κ2) is 6.00. The van der Waals surface area contributed by atoms with Gasteiger partial charge in [-0.1, -0.05) is 18.2 Å². The van der Waals surface area contributed by atoms with Crippen LogP contribution in [0.1, 0.15) is 15.9 Å². The van der Waals surface area contributed by atoms with Gasteiger partial charge in [-0.2, -0.15) is 0 Å². The number of halogens is 1. The van der Waals surface area contributed by atoms with E-state index in [9.17, 15) is 19.3 Å². The van der Waals surface area contributed by atoms with Gasteiger partial charge in [0.1, 0.15) is 6.61 Å². The fourth-order valence-corrected chi connectivity index (χ4v) is 1.73. The fraction of sp³-hybridized carbons (Fsp3) is 0.0714. The molecule has 0 amide bonds. The smallest absolute Gasteiger partial charge is 0.336 e. The Kier molecular flexibility index (Phi) is 4.13. The van der Waals surface area contributed by atoms with E-state index >= 15 is 0 Å². The van der Waals surface area contributed by atoms with Crippen molar-refractivity contribution in [2.75, 3.05) is 0 Å². The molecule has 0 bridgehead atoms. The zero-order valence-electron chi connectivity index (χ0n) is 10.7. The Labute approximate surface area is 118 Å². The van der Waals surface area contributed by atoms with Gasteiger partial charge in [0.05, 0.1) is 16.6 Å². The average Bonchev–Trinajstić information content (AvgIpc) is 2.46. The van der Waals surface area contributed by atoms with Crippen molar-refractivity contribution in [1.82, 2.24) is 0 Å². The van der Waals surface area contributed by atoms with Crippen molar-refractivity contribution in [1.29, 1.82) is 0 Å². The number of carboxylic acids is 1. The third-order valence-corrected chi connectivity index (χ3v) is 2.76. The fourth-order valence-electron chi connectivity index (χ4n) is 1.73. The second-order valence-corrected chi connectivity index (χ2v) is 4.12. The predicted octanol–water partition coefficient (Wildman–Crippen LogP) is 3.01. The van der Waals surface area contributed by atoms with Crippen LogP contribution in [0.25, 0.3) is 0 Å². The summed E-state index contributed by atoms with van der Waals surface area (Å²) in [5.74, 6) is -2.17. The first-order valence-electron chi connectivity index (χ1n) is 5.87. The van der Waals surface area contributed by atoms with Crippen molar-refractivity contribution in [3.63, 3.8) is 0 Å². The number of hydrogen-bond donors (Lipinski definition) is 1. The number of rotatable bonds is 5. The molecule has 0 aliphatic rings. The Morgan fingerprint density at radius 3 is 2.62 bits per heavy atom. The zero-order valence-corrected chi connectivity index (χ0v) is 10.7. The molecule has 0 fully saturated rings. The molecular formula is C14H10FNO5. The highest BCUT2D eigenvalue weighted by atomic mass is 19.1. The SMILES string of the molecule is O=C(O)c1ccccc1COc1ccc([N+](=O)[O-])cc1F. The first-order valence-corrected chi connectivity index (χ1v) is 5.87. The Hall–Kier alpha value is -2.96. The number of aromatic carboxylic acids is 1. The average molecular weight is 291 g/mol. The molecule has 2 aromatic carbocycles. The number of ether oxygens (including phenoxy) is 1. The zero-order chi connectivity index (χ0) is 15.4. The summed E-state index contributed by atoms with van der Waals surface area (Å²) in [5, 5.41) is 19.5. The third kappa shape index (κ3) is 3.33. The minimum atomic E-state index is -1.11. The van der Waals surface area contributed by atoms with E-state index in [1.807, 2.05) is 0 Å². The molecule has 6 nitrogen and oxygen atoms in total. The van der Waals surface area contributed by atoms with Crippen LogP contribution in [0.5, 0.6) is 5.75 Å². The van der Waals surface area contributed by atoms with Gasteiger partial charge >= 0.3 is 5.97 Å². The quantitative estimate of drug-likeness (QED) is 0.675. The van der Waals surface area contributed by atoms with E-state index in [4.69, 9.17) is 9.84 Å². The number of nitro groups is 1. The van der Waals surface area contributed by atoms with Crippen LogP contribution in [0.3, 0.4) is 0 Å². The summed E-state index contributed by atoms with van der Waals surface area (Å²) in [4.78, 5) is 20.8. The topological polar surface area (TPSA) is 89.7 Å². The van der Waals surface area contributed by atoms with Gasteiger partial charge in [-0.3, -0.25) is 10.1 Å².